The SMILES string of the molecule is Cc1nccn1-c1ccc(C(C)NC(=O)N2CCCC(O)C2)cc1. The third-order valence-electron chi connectivity index (χ3n) is 4.52. The molecule has 1 aliphatic heterocycles. The van der Waals surface area contributed by atoms with E-state index < -0.39 is 6.10 Å². The van der Waals surface area contributed by atoms with E-state index in [1.54, 1.807) is 11.1 Å². The van der Waals surface area contributed by atoms with E-state index in [4.69, 9.17) is 0 Å². The highest BCUT2D eigenvalue weighted by Crippen LogP contribution is 2.18. The smallest absolute Gasteiger partial charge is 0.317 e. The first-order valence-corrected chi connectivity index (χ1v) is 8.38. The van der Waals surface area contributed by atoms with Crippen LogP contribution in [0.5, 0.6) is 0 Å². The number of urea groups is 1. The number of aryl methyl sites for hydroxylation is 1. The molecule has 128 valence electrons. The number of rotatable bonds is 3. The summed E-state index contributed by atoms with van der Waals surface area (Å²) in [6, 6.07) is 7.88. The maximum absolute atomic E-state index is 12.3. The van der Waals surface area contributed by atoms with Gasteiger partial charge in [0.15, 0.2) is 0 Å². The van der Waals surface area contributed by atoms with E-state index in [-0.39, 0.29) is 12.1 Å². The number of aromatic nitrogens is 2. The highest BCUT2D eigenvalue weighted by atomic mass is 16.3. The molecule has 1 aliphatic rings. The van der Waals surface area contributed by atoms with Crippen molar-refractivity contribution in [3.63, 3.8) is 0 Å². The molecular formula is C18H24N4O2. The number of aliphatic hydroxyl groups is 1. The zero-order valence-electron chi connectivity index (χ0n) is 14.1. The van der Waals surface area contributed by atoms with Gasteiger partial charge < -0.3 is 19.9 Å². The van der Waals surface area contributed by atoms with Crippen molar-refractivity contribution in [2.24, 2.45) is 0 Å². The van der Waals surface area contributed by atoms with Crippen LogP contribution < -0.4 is 5.32 Å². The van der Waals surface area contributed by atoms with E-state index in [2.05, 4.69) is 10.3 Å². The molecule has 1 aromatic heterocycles. The van der Waals surface area contributed by atoms with E-state index >= 15 is 0 Å². The number of carbonyl (C=O) groups is 1. The van der Waals surface area contributed by atoms with Crippen LogP contribution in [-0.2, 0) is 0 Å². The van der Waals surface area contributed by atoms with E-state index in [0.717, 1.165) is 29.9 Å². The Labute approximate surface area is 142 Å². The summed E-state index contributed by atoms with van der Waals surface area (Å²) < 4.78 is 2.02. The Hall–Kier alpha value is -2.34. The summed E-state index contributed by atoms with van der Waals surface area (Å²) in [5.74, 6) is 0.938. The molecule has 2 atom stereocenters. The van der Waals surface area contributed by atoms with Gasteiger partial charge in [-0.1, -0.05) is 12.1 Å². The van der Waals surface area contributed by atoms with Gasteiger partial charge in [-0.15, -0.1) is 0 Å². The minimum Gasteiger partial charge on any atom is -0.391 e. The fourth-order valence-corrected chi connectivity index (χ4v) is 3.07. The molecule has 0 saturated carbocycles. The number of nitrogens with zero attached hydrogens (tertiary/aromatic N) is 3. The minimum absolute atomic E-state index is 0.0884. The Balaban J connectivity index is 1.63. The van der Waals surface area contributed by atoms with Crippen molar-refractivity contribution >= 4 is 6.03 Å². The number of likely N-dealkylation sites (tertiary alicyclic amines) is 1. The number of carbonyl (C=O) groups excluding carboxylic acids is 1. The van der Waals surface area contributed by atoms with Crippen LogP contribution in [0.3, 0.4) is 0 Å². The Morgan fingerprint density at radius 1 is 1.38 bits per heavy atom. The lowest BCUT2D eigenvalue weighted by atomic mass is 10.1. The van der Waals surface area contributed by atoms with Gasteiger partial charge in [-0.3, -0.25) is 0 Å². The van der Waals surface area contributed by atoms with Crippen LogP contribution in [0, 0.1) is 6.92 Å². The molecule has 1 aromatic carbocycles. The number of imidazole rings is 1. The third-order valence-corrected chi connectivity index (χ3v) is 4.52. The van der Waals surface area contributed by atoms with Crippen LogP contribution in [-0.4, -0.2) is 44.8 Å². The molecule has 0 bridgehead atoms. The number of nitrogens with one attached hydrogen (secondary N) is 1. The lowest BCUT2D eigenvalue weighted by Gasteiger charge is -2.31. The second kappa shape index (κ2) is 7.05. The van der Waals surface area contributed by atoms with Crippen LogP contribution in [0.25, 0.3) is 5.69 Å². The Morgan fingerprint density at radius 2 is 2.12 bits per heavy atom. The second-order valence-corrected chi connectivity index (χ2v) is 6.35. The Kier molecular flexibility index (Phi) is 4.85. The molecule has 0 radical (unpaired) electrons. The maximum atomic E-state index is 12.3. The van der Waals surface area contributed by atoms with Crippen molar-refractivity contribution in [1.29, 1.82) is 0 Å². The topological polar surface area (TPSA) is 70.4 Å². The van der Waals surface area contributed by atoms with Gasteiger partial charge in [-0.05, 0) is 44.4 Å². The number of β-amino-alcohol motifs (C(OH)–C–C–N with tert-alkyl or cyclic N) is 1. The Bertz CT molecular complexity index is 695. The molecule has 2 N–H and O–H groups in total. The van der Waals surface area contributed by atoms with Gasteiger partial charge in [0.05, 0.1) is 12.1 Å². The minimum atomic E-state index is -0.405. The lowest BCUT2D eigenvalue weighted by Crippen LogP contribution is -2.47. The van der Waals surface area contributed by atoms with Crippen molar-refractivity contribution in [3.8, 4) is 5.69 Å². The number of aliphatic hydroxyl groups excluding tert-OH is 1. The zero-order chi connectivity index (χ0) is 17.1. The lowest BCUT2D eigenvalue weighted by molar-refractivity contribution is 0.0835. The summed E-state index contributed by atoms with van der Waals surface area (Å²) in [5.41, 5.74) is 2.09. The van der Waals surface area contributed by atoms with Crippen molar-refractivity contribution in [2.45, 2.75) is 38.8 Å². The molecule has 2 unspecified atom stereocenters. The second-order valence-electron chi connectivity index (χ2n) is 6.35. The standard InChI is InChI=1S/C18H24N4O2/c1-13(20-18(24)21-10-3-4-17(23)12-21)15-5-7-16(8-6-15)22-11-9-19-14(22)2/h5-9,11,13,17,23H,3-4,10,12H2,1-2H3,(H,20,24). The first-order chi connectivity index (χ1) is 11.5. The van der Waals surface area contributed by atoms with E-state index in [0.29, 0.717) is 13.1 Å². The van der Waals surface area contributed by atoms with Crippen LogP contribution >= 0.6 is 0 Å². The van der Waals surface area contributed by atoms with Crippen LogP contribution in [0.4, 0.5) is 4.79 Å². The molecule has 1 saturated heterocycles. The molecule has 6 heteroatoms. The number of hydrogen-bond acceptors (Lipinski definition) is 3. The summed E-state index contributed by atoms with van der Waals surface area (Å²) in [7, 11) is 0. The van der Waals surface area contributed by atoms with Gasteiger partial charge >= 0.3 is 6.03 Å². The first kappa shape index (κ1) is 16.5. The average molecular weight is 328 g/mol. The molecule has 2 aromatic rings. The number of hydrogen-bond donors (Lipinski definition) is 2. The highest BCUT2D eigenvalue weighted by molar-refractivity contribution is 5.74. The molecule has 2 heterocycles. The molecule has 6 nitrogen and oxygen atoms in total. The maximum Gasteiger partial charge on any atom is 0.317 e. The predicted octanol–water partition coefficient (Wildman–Crippen LogP) is 2.41. The van der Waals surface area contributed by atoms with Gasteiger partial charge in [0, 0.05) is 31.2 Å². The molecule has 0 spiro atoms. The number of piperidine rings is 1. The van der Waals surface area contributed by atoms with Crippen molar-refractivity contribution in [2.75, 3.05) is 13.1 Å². The molecule has 0 aliphatic carbocycles. The van der Waals surface area contributed by atoms with Crippen LogP contribution in [0.1, 0.15) is 37.2 Å². The van der Waals surface area contributed by atoms with E-state index in [9.17, 15) is 9.90 Å². The molecule has 2 amide bonds. The summed E-state index contributed by atoms with van der Waals surface area (Å²) in [5, 5.41) is 12.7. The van der Waals surface area contributed by atoms with E-state index in [1.807, 2.05) is 48.9 Å². The third kappa shape index (κ3) is 3.59. The average Bonchev–Trinajstić information content (AvgIpc) is 3.01. The van der Waals surface area contributed by atoms with Gasteiger partial charge in [0.1, 0.15) is 5.82 Å². The number of amides is 2. The van der Waals surface area contributed by atoms with Crippen LogP contribution in [0.2, 0.25) is 0 Å². The first-order valence-electron chi connectivity index (χ1n) is 8.38. The van der Waals surface area contributed by atoms with Crippen molar-refractivity contribution in [1.82, 2.24) is 19.8 Å². The highest BCUT2D eigenvalue weighted by Gasteiger charge is 2.23. The fourth-order valence-electron chi connectivity index (χ4n) is 3.07. The molecule has 1 fully saturated rings. The van der Waals surface area contributed by atoms with Crippen molar-refractivity contribution in [3.05, 3.63) is 48.0 Å². The van der Waals surface area contributed by atoms with E-state index in [1.165, 1.54) is 0 Å². The normalized spacial score (nSPS) is 19.1. The van der Waals surface area contributed by atoms with Gasteiger partial charge in [-0.25, -0.2) is 9.78 Å². The molecular weight excluding hydrogens is 304 g/mol. The fraction of sp³-hybridized carbons (Fsp3) is 0.444. The summed E-state index contributed by atoms with van der Waals surface area (Å²) >= 11 is 0. The monoisotopic (exact) mass is 328 g/mol. The summed E-state index contributed by atoms with van der Waals surface area (Å²) in [4.78, 5) is 18.2. The quantitative estimate of drug-likeness (QED) is 0.909. The predicted molar refractivity (Wildman–Crippen MR) is 92.1 cm³/mol. The zero-order valence-corrected chi connectivity index (χ0v) is 14.1. The summed E-state index contributed by atoms with van der Waals surface area (Å²) in [6.45, 7) is 5.05. The molecule has 24 heavy (non-hydrogen) atoms. The van der Waals surface area contributed by atoms with Crippen LogP contribution in [0.15, 0.2) is 36.7 Å². The number of benzene rings is 1. The van der Waals surface area contributed by atoms with Gasteiger partial charge in [0.25, 0.3) is 0 Å². The summed E-state index contributed by atoms with van der Waals surface area (Å²) in [6.07, 6.45) is 4.92. The van der Waals surface area contributed by atoms with Gasteiger partial charge in [0.2, 0.25) is 0 Å². The van der Waals surface area contributed by atoms with Gasteiger partial charge in [-0.2, -0.15) is 0 Å². The molecule has 3 rings (SSSR count). The van der Waals surface area contributed by atoms with Crippen molar-refractivity contribution < 1.29 is 9.90 Å². The largest absolute Gasteiger partial charge is 0.391 e. The Morgan fingerprint density at radius 3 is 2.75 bits per heavy atom.